The summed E-state index contributed by atoms with van der Waals surface area (Å²) in [4.78, 5) is 36.5. The zero-order valence-electron chi connectivity index (χ0n) is 13.3. The van der Waals surface area contributed by atoms with Crippen molar-refractivity contribution in [3.05, 3.63) is 46.2 Å². The summed E-state index contributed by atoms with van der Waals surface area (Å²) in [6, 6.07) is 8.57. The summed E-state index contributed by atoms with van der Waals surface area (Å²) < 4.78 is 0. The van der Waals surface area contributed by atoms with E-state index in [2.05, 4.69) is 15.5 Å². The Morgan fingerprint density at radius 2 is 2.12 bits per heavy atom. The van der Waals surface area contributed by atoms with Crippen LogP contribution in [0.2, 0.25) is 0 Å². The molecule has 2 heterocycles. The van der Waals surface area contributed by atoms with E-state index in [0.29, 0.717) is 24.3 Å². The number of hydrogen-bond donors (Lipinski definition) is 2. The van der Waals surface area contributed by atoms with E-state index in [1.807, 2.05) is 19.1 Å². The number of aryl methyl sites for hydroxylation is 1. The number of nitrogens with zero attached hydrogens (tertiary/aromatic N) is 2. The van der Waals surface area contributed by atoms with E-state index in [1.165, 1.54) is 6.07 Å². The van der Waals surface area contributed by atoms with E-state index in [0.717, 1.165) is 17.5 Å². The number of benzene rings is 1. The van der Waals surface area contributed by atoms with Crippen molar-refractivity contribution in [2.45, 2.75) is 19.8 Å². The van der Waals surface area contributed by atoms with Gasteiger partial charge in [0.15, 0.2) is 0 Å². The molecule has 0 saturated carbocycles. The molecular weight excluding hydrogens is 308 g/mol. The Bertz CT molecular complexity index is 823. The Labute approximate surface area is 138 Å². The molecule has 0 radical (unpaired) electrons. The number of carbonyl (C=O) groups excluding carboxylic acids is 2. The second-order valence-electron chi connectivity index (χ2n) is 5.80. The first-order valence-corrected chi connectivity index (χ1v) is 7.77. The van der Waals surface area contributed by atoms with Crippen LogP contribution in [-0.4, -0.2) is 40.0 Å². The molecule has 0 spiro atoms. The molecule has 1 saturated heterocycles. The van der Waals surface area contributed by atoms with Gasteiger partial charge in [-0.05, 0) is 31.0 Å². The Morgan fingerprint density at radius 1 is 1.29 bits per heavy atom. The number of anilines is 1. The minimum absolute atomic E-state index is 0.0214. The Morgan fingerprint density at radius 3 is 2.79 bits per heavy atom. The first kappa shape index (κ1) is 15.9. The number of hydrogen-bond acceptors (Lipinski definition) is 4. The van der Waals surface area contributed by atoms with Gasteiger partial charge >= 0.3 is 0 Å². The first-order chi connectivity index (χ1) is 11.5. The van der Waals surface area contributed by atoms with Gasteiger partial charge in [-0.2, -0.15) is 5.10 Å². The third-order valence-electron chi connectivity index (χ3n) is 3.99. The van der Waals surface area contributed by atoms with Crippen LogP contribution in [0.5, 0.6) is 0 Å². The maximum atomic E-state index is 12.2. The number of aromatic amines is 1. The minimum atomic E-state index is -0.269. The quantitative estimate of drug-likeness (QED) is 0.885. The van der Waals surface area contributed by atoms with Gasteiger partial charge in [0.1, 0.15) is 0 Å². The molecule has 1 aromatic carbocycles. The van der Waals surface area contributed by atoms with Crippen LogP contribution >= 0.6 is 0 Å². The van der Waals surface area contributed by atoms with Crippen LogP contribution in [-0.2, 0) is 9.59 Å². The summed E-state index contributed by atoms with van der Waals surface area (Å²) in [5.41, 5.74) is 2.69. The van der Waals surface area contributed by atoms with Gasteiger partial charge in [0.2, 0.25) is 11.8 Å². The molecule has 24 heavy (non-hydrogen) atoms. The molecule has 124 valence electrons. The zero-order valence-corrected chi connectivity index (χ0v) is 13.3. The largest absolute Gasteiger partial charge is 0.333 e. The molecule has 1 aromatic heterocycles. The molecule has 2 aromatic rings. The minimum Gasteiger partial charge on any atom is -0.333 e. The summed E-state index contributed by atoms with van der Waals surface area (Å²) >= 11 is 0. The third-order valence-corrected chi connectivity index (χ3v) is 3.99. The molecule has 7 heteroatoms. The molecule has 0 bridgehead atoms. The number of carbonyl (C=O) groups is 2. The van der Waals surface area contributed by atoms with Crippen molar-refractivity contribution in [3.8, 4) is 11.3 Å². The van der Waals surface area contributed by atoms with Gasteiger partial charge in [-0.25, -0.2) is 5.10 Å². The predicted molar refractivity (Wildman–Crippen MR) is 89.5 cm³/mol. The van der Waals surface area contributed by atoms with Gasteiger partial charge in [0.05, 0.1) is 12.2 Å². The van der Waals surface area contributed by atoms with Gasteiger partial charge in [-0.1, -0.05) is 12.1 Å². The smallest absolute Gasteiger partial charge is 0.264 e. The molecule has 1 aliphatic heterocycles. The average molecular weight is 326 g/mol. The van der Waals surface area contributed by atoms with Gasteiger partial charge < -0.3 is 10.2 Å². The number of aromatic nitrogens is 2. The number of nitrogens with one attached hydrogen (secondary N) is 2. The second-order valence-corrected chi connectivity index (χ2v) is 5.80. The molecule has 3 rings (SSSR count). The highest BCUT2D eigenvalue weighted by atomic mass is 16.2. The normalized spacial score (nSPS) is 14.0. The van der Waals surface area contributed by atoms with Crippen LogP contribution in [0.4, 0.5) is 5.69 Å². The SMILES string of the molecule is Cc1ccc(-c2ccc(=O)[nH]n2)cc1NC(=O)CN1CCCC1=O. The molecule has 0 unspecified atom stereocenters. The summed E-state index contributed by atoms with van der Waals surface area (Å²) in [5, 5.41) is 9.22. The van der Waals surface area contributed by atoms with E-state index >= 15 is 0 Å². The standard InChI is InChI=1S/C17H18N4O3/c1-11-4-5-12(13-6-7-15(22)20-19-13)9-14(11)18-16(23)10-21-8-2-3-17(21)24/h4-7,9H,2-3,8,10H2,1H3,(H,18,23)(H,20,22). The lowest BCUT2D eigenvalue weighted by atomic mass is 10.1. The maximum absolute atomic E-state index is 12.2. The summed E-state index contributed by atoms with van der Waals surface area (Å²) in [6.45, 7) is 2.59. The molecular formula is C17H18N4O3. The topological polar surface area (TPSA) is 95.2 Å². The lowest BCUT2D eigenvalue weighted by Crippen LogP contribution is -2.34. The van der Waals surface area contributed by atoms with Crippen molar-refractivity contribution in [1.82, 2.24) is 15.1 Å². The molecule has 0 atom stereocenters. The fourth-order valence-electron chi connectivity index (χ4n) is 2.66. The molecule has 2 N–H and O–H groups in total. The van der Waals surface area contributed by atoms with Gasteiger partial charge in [0, 0.05) is 30.3 Å². The number of H-pyrrole nitrogens is 1. The summed E-state index contributed by atoms with van der Waals surface area (Å²) in [5.74, 6) is -0.201. The summed E-state index contributed by atoms with van der Waals surface area (Å²) in [7, 11) is 0. The van der Waals surface area contributed by atoms with Crippen LogP contribution in [0.15, 0.2) is 35.1 Å². The molecule has 0 aliphatic carbocycles. The van der Waals surface area contributed by atoms with Crippen molar-refractivity contribution in [2.75, 3.05) is 18.4 Å². The van der Waals surface area contributed by atoms with E-state index < -0.39 is 0 Å². The number of rotatable bonds is 4. The predicted octanol–water partition coefficient (Wildman–Crippen LogP) is 1.31. The van der Waals surface area contributed by atoms with E-state index in [4.69, 9.17) is 0 Å². The van der Waals surface area contributed by atoms with Gasteiger partial charge in [-0.15, -0.1) is 0 Å². The highest BCUT2D eigenvalue weighted by Crippen LogP contribution is 2.23. The molecule has 7 nitrogen and oxygen atoms in total. The van der Waals surface area contributed by atoms with Crippen LogP contribution < -0.4 is 10.9 Å². The Kier molecular flexibility index (Phi) is 4.41. The highest BCUT2D eigenvalue weighted by Gasteiger charge is 2.22. The molecule has 1 fully saturated rings. The van der Waals surface area contributed by atoms with Crippen LogP contribution in [0.3, 0.4) is 0 Å². The zero-order chi connectivity index (χ0) is 17.1. The van der Waals surface area contributed by atoms with Crippen molar-refractivity contribution in [1.29, 1.82) is 0 Å². The Balaban J connectivity index is 1.76. The monoisotopic (exact) mass is 326 g/mol. The van der Waals surface area contributed by atoms with Gasteiger partial charge in [-0.3, -0.25) is 14.4 Å². The third kappa shape index (κ3) is 3.51. The van der Waals surface area contributed by atoms with E-state index in [-0.39, 0.29) is 23.9 Å². The van der Waals surface area contributed by atoms with Crippen LogP contribution in [0.1, 0.15) is 18.4 Å². The fraction of sp³-hybridized carbons (Fsp3) is 0.294. The average Bonchev–Trinajstić information content (AvgIpc) is 2.95. The van der Waals surface area contributed by atoms with Crippen molar-refractivity contribution in [2.24, 2.45) is 0 Å². The highest BCUT2D eigenvalue weighted by molar-refractivity contribution is 5.96. The second kappa shape index (κ2) is 6.66. The number of amides is 2. The van der Waals surface area contributed by atoms with Crippen molar-refractivity contribution < 1.29 is 9.59 Å². The maximum Gasteiger partial charge on any atom is 0.264 e. The van der Waals surface area contributed by atoms with Crippen LogP contribution in [0.25, 0.3) is 11.3 Å². The lowest BCUT2D eigenvalue weighted by molar-refractivity contribution is -0.131. The first-order valence-electron chi connectivity index (χ1n) is 7.77. The van der Waals surface area contributed by atoms with Crippen LogP contribution in [0, 0.1) is 6.92 Å². The lowest BCUT2D eigenvalue weighted by Gasteiger charge is -2.16. The van der Waals surface area contributed by atoms with Crippen molar-refractivity contribution in [3.63, 3.8) is 0 Å². The Hall–Kier alpha value is -2.96. The summed E-state index contributed by atoms with van der Waals surface area (Å²) in [6.07, 6.45) is 1.32. The molecule has 2 amide bonds. The van der Waals surface area contributed by atoms with Crippen molar-refractivity contribution >= 4 is 17.5 Å². The fourth-order valence-corrected chi connectivity index (χ4v) is 2.66. The number of likely N-dealkylation sites (tertiary alicyclic amines) is 1. The van der Waals surface area contributed by atoms with E-state index in [1.54, 1.807) is 17.0 Å². The van der Waals surface area contributed by atoms with E-state index in [9.17, 15) is 14.4 Å². The molecule has 1 aliphatic rings. The van der Waals surface area contributed by atoms with Gasteiger partial charge in [0.25, 0.3) is 5.56 Å².